The molecule has 0 radical (unpaired) electrons. The van der Waals surface area contributed by atoms with Crippen molar-refractivity contribution in [1.82, 2.24) is 5.32 Å². The monoisotopic (exact) mass is 239 g/mol. The first-order valence-corrected chi connectivity index (χ1v) is 6.49. The van der Waals surface area contributed by atoms with Crippen LogP contribution in [0.5, 0.6) is 0 Å². The van der Waals surface area contributed by atoms with E-state index in [2.05, 4.69) is 67.7 Å². The summed E-state index contributed by atoms with van der Waals surface area (Å²) in [4.78, 5) is 0. The van der Waals surface area contributed by atoms with E-state index in [1.54, 1.807) is 0 Å². The molecule has 0 fully saturated rings. The lowest BCUT2D eigenvalue weighted by atomic mass is 9.97. The van der Waals surface area contributed by atoms with Crippen molar-refractivity contribution in [3.05, 3.63) is 70.8 Å². The maximum absolute atomic E-state index is 3.40. The summed E-state index contributed by atoms with van der Waals surface area (Å²) in [6.45, 7) is 4.33. The second kappa shape index (κ2) is 5.83. The van der Waals surface area contributed by atoms with Gasteiger partial charge in [-0.05, 0) is 49.6 Å². The average molecular weight is 239 g/mol. The number of likely N-dealkylation sites (N-methyl/N-ethyl adjacent to an activating group) is 1. The van der Waals surface area contributed by atoms with Gasteiger partial charge in [0.25, 0.3) is 0 Å². The Morgan fingerprint density at radius 1 is 0.944 bits per heavy atom. The number of rotatable bonds is 4. The first-order valence-electron chi connectivity index (χ1n) is 6.49. The van der Waals surface area contributed by atoms with Crippen LogP contribution in [-0.4, -0.2) is 7.05 Å². The van der Waals surface area contributed by atoms with E-state index in [-0.39, 0.29) is 0 Å². The maximum atomic E-state index is 3.40. The van der Waals surface area contributed by atoms with Crippen LogP contribution in [0.15, 0.2) is 48.5 Å². The maximum Gasteiger partial charge on any atom is 0.0358 e. The third kappa shape index (κ3) is 2.99. The van der Waals surface area contributed by atoms with Crippen LogP contribution in [0.25, 0.3) is 0 Å². The van der Waals surface area contributed by atoms with E-state index in [4.69, 9.17) is 0 Å². The Kier molecular flexibility index (Phi) is 4.16. The summed E-state index contributed by atoms with van der Waals surface area (Å²) >= 11 is 0. The molecule has 1 nitrogen and oxygen atoms in total. The topological polar surface area (TPSA) is 12.0 Å². The van der Waals surface area contributed by atoms with E-state index < -0.39 is 0 Å². The quantitative estimate of drug-likeness (QED) is 0.855. The molecule has 1 N–H and O–H groups in total. The zero-order chi connectivity index (χ0) is 13.0. The molecule has 0 aliphatic heterocycles. The Balaban J connectivity index is 2.18. The van der Waals surface area contributed by atoms with Gasteiger partial charge in [-0.25, -0.2) is 0 Å². The van der Waals surface area contributed by atoms with Crippen LogP contribution in [0.4, 0.5) is 0 Å². The molecule has 0 aliphatic rings. The smallest absolute Gasteiger partial charge is 0.0358 e. The van der Waals surface area contributed by atoms with Crippen molar-refractivity contribution < 1.29 is 0 Å². The van der Waals surface area contributed by atoms with Crippen LogP contribution >= 0.6 is 0 Å². The van der Waals surface area contributed by atoms with Crippen LogP contribution in [0.1, 0.15) is 28.3 Å². The second-order valence-corrected chi connectivity index (χ2v) is 4.87. The molecule has 0 bridgehead atoms. The zero-order valence-corrected chi connectivity index (χ0v) is 11.4. The van der Waals surface area contributed by atoms with Crippen LogP contribution in [0.3, 0.4) is 0 Å². The van der Waals surface area contributed by atoms with E-state index in [0.29, 0.717) is 6.04 Å². The molecule has 0 spiro atoms. The van der Waals surface area contributed by atoms with Crippen molar-refractivity contribution in [1.29, 1.82) is 0 Å². The second-order valence-electron chi connectivity index (χ2n) is 4.87. The number of nitrogens with one attached hydrogen (secondary N) is 1. The summed E-state index contributed by atoms with van der Waals surface area (Å²) in [7, 11) is 2.03. The molecule has 0 aliphatic carbocycles. The molecule has 18 heavy (non-hydrogen) atoms. The van der Waals surface area contributed by atoms with Gasteiger partial charge in [-0.15, -0.1) is 0 Å². The standard InChI is InChI=1S/C17H21N/c1-13-9-10-15(11-14(13)2)12-17(18-3)16-7-5-4-6-8-16/h4-11,17-18H,12H2,1-3H3. The predicted molar refractivity (Wildman–Crippen MR) is 77.9 cm³/mol. The first-order chi connectivity index (χ1) is 8.70. The van der Waals surface area contributed by atoms with Gasteiger partial charge in [0.05, 0.1) is 0 Å². The van der Waals surface area contributed by atoms with Gasteiger partial charge in [0.2, 0.25) is 0 Å². The third-order valence-corrected chi connectivity index (χ3v) is 3.56. The van der Waals surface area contributed by atoms with Crippen molar-refractivity contribution in [2.75, 3.05) is 7.05 Å². The number of hydrogen-bond donors (Lipinski definition) is 1. The fraction of sp³-hybridized carbons (Fsp3) is 0.294. The summed E-state index contributed by atoms with van der Waals surface area (Å²) < 4.78 is 0. The summed E-state index contributed by atoms with van der Waals surface area (Å²) in [5.41, 5.74) is 5.47. The summed E-state index contributed by atoms with van der Waals surface area (Å²) in [6.07, 6.45) is 1.03. The fourth-order valence-corrected chi connectivity index (χ4v) is 2.24. The van der Waals surface area contributed by atoms with E-state index in [1.165, 1.54) is 22.3 Å². The predicted octanol–water partition coefficient (Wildman–Crippen LogP) is 3.81. The summed E-state index contributed by atoms with van der Waals surface area (Å²) in [5, 5.41) is 3.40. The molecule has 2 aromatic rings. The molecular formula is C17H21N. The number of aryl methyl sites for hydroxylation is 2. The van der Waals surface area contributed by atoms with Crippen molar-refractivity contribution in [2.24, 2.45) is 0 Å². The normalized spacial score (nSPS) is 12.4. The molecule has 0 saturated heterocycles. The number of hydrogen-bond acceptors (Lipinski definition) is 1. The minimum atomic E-state index is 0.383. The Hall–Kier alpha value is -1.60. The lowest BCUT2D eigenvalue weighted by Crippen LogP contribution is -2.18. The minimum absolute atomic E-state index is 0.383. The molecule has 0 amide bonds. The van der Waals surface area contributed by atoms with E-state index in [1.807, 2.05) is 7.05 Å². The largest absolute Gasteiger partial charge is 0.313 e. The van der Waals surface area contributed by atoms with Gasteiger partial charge in [-0.3, -0.25) is 0 Å². The molecule has 2 aromatic carbocycles. The van der Waals surface area contributed by atoms with Gasteiger partial charge in [0, 0.05) is 6.04 Å². The highest BCUT2D eigenvalue weighted by molar-refractivity contribution is 5.31. The Morgan fingerprint density at radius 2 is 1.67 bits per heavy atom. The molecule has 2 rings (SSSR count). The van der Waals surface area contributed by atoms with E-state index >= 15 is 0 Å². The van der Waals surface area contributed by atoms with Gasteiger partial charge in [0.1, 0.15) is 0 Å². The highest BCUT2D eigenvalue weighted by atomic mass is 14.9. The van der Waals surface area contributed by atoms with Crippen LogP contribution in [-0.2, 0) is 6.42 Å². The molecule has 94 valence electrons. The van der Waals surface area contributed by atoms with E-state index in [0.717, 1.165) is 6.42 Å². The van der Waals surface area contributed by atoms with Crippen LogP contribution in [0.2, 0.25) is 0 Å². The lowest BCUT2D eigenvalue weighted by Gasteiger charge is -2.17. The molecule has 0 heterocycles. The van der Waals surface area contributed by atoms with Gasteiger partial charge in [-0.1, -0.05) is 48.5 Å². The summed E-state index contributed by atoms with van der Waals surface area (Å²) in [6, 6.07) is 17.7. The lowest BCUT2D eigenvalue weighted by molar-refractivity contribution is 0.592. The highest BCUT2D eigenvalue weighted by Gasteiger charge is 2.09. The minimum Gasteiger partial charge on any atom is -0.313 e. The fourth-order valence-electron chi connectivity index (χ4n) is 2.24. The first kappa shape index (κ1) is 12.8. The number of benzene rings is 2. The van der Waals surface area contributed by atoms with Gasteiger partial charge in [0.15, 0.2) is 0 Å². The SMILES string of the molecule is CNC(Cc1ccc(C)c(C)c1)c1ccccc1. The van der Waals surface area contributed by atoms with Crippen molar-refractivity contribution >= 4 is 0 Å². The third-order valence-electron chi connectivity index (χ3n) is 3.56. The van der Waals surface area contributed by atoms with Gasteiger partial charge < -0.3 is 5.32 Å². The van der Waals surface area contributed by atoms with Crippen LogP contribution in [0, 0.1) is 13.8 Å². The van der Waals surface area contributed by atoms with Crippen molar-refractivity contribution in [3.8, 4) is 0 Å². The van der Waals surface area contributed by atoms with Crippen LogP contribution < -0.4 is 5.32 Å². The Morgan fingerprint density at radius 3 is 2.28 bits per heavy atom. The van der Waals surface area contributed by atoms with Gasteiger partial charge >= 0.3 is 0 Å². The molecular weight excluding hydrogens is 218 g/mol. The molecule has 1 atom stereocenters. The highest BCUT2D eigenvalue weighted by Crippen LogP contribution is 2.19. The van der Waals surface area contributed by atoms with Crippen molar-refractivity contribution in [2.45, 2.75) is 26.3 Å². The van der Waals surface area contributed by atoms with E-state index in [9.17, 15) is 0 Å². The zero-order valence-electron chi connectivity index (χ0n) is 11.4. The molecule has 1 heteroatoms. The molecule has 0 aromatic heterocycles. The molecule has 1 unspecified atom stereocenters. The van der Waals surface area contributed by atoms with Crippen molar-refractivity contribution in [3.63, 3.8) is 0 Å². The summed E-state index contributed by atoms with van der Waals surface area (Å²) in [5.74, 6) is 0. The Bertz CT molecular complexity index is 502. The Labute approximate surface area is 110 Å². The molecule has 0 saturated carbocycles. The average Bonchev–Trinajstić information content (AvgIpc) is 2.41. The van der Waals surface area contributed by atoms with Gasteiger partial charge in [-0.2, -0.15) is 0 Å².